The van der Waals surface area contributed by atoms with E-state index in [-0.39, 0.29) is 11.5 Å². The molecule has 2 nitrogen and oxygen atoms in total. The van der Waals surface area contributed by atoms with Crippen LogP contribution in [0, 0.1) is 0 Å². The molecule has 0 aliphatic rings. The monoisotopic (exact) mass is 162 g/mol. The standard InChI is InChI=1S/C10H10O2/c1-3-7-5-6-9(11)10(12)8(7)4-2/h3-6,11-12H,1-2H2. The fraction of sp³-hybridized carbons (Fsp3) is 0. The summed E-state index contributed by atoms with van der Waals surface area (Å²) < 4.78 is 0. The molecule has 1 aromatic carbocycles. The highest BCUT2D eigenvalue weighted by atomic mass is 16.3. The molecule has 0 heterocycles. The number of hydrogen-bond donors (Lipinski definition) is 2. The number of phenolic OH excluding ortho intramolecular Hbond substituents is 2. The Morgan fingerprint density at radius 3 is 2.25 bits per heavy atom. The van der Waals surface area contributed by atoms with E-state index in [0.717, 1.165) is 5.56 Å². The third kappa shape index (κ3) is 1.19. The zero-order valence-electron chi connectivity index (χ0n) is 6.62. The highest BCUT2D eigenvalue weighted by molar-refractivity contribution is 5.71. The Labute approximate surface area is 71.1 Å². The Hall–Kier alpha value is -1.70. The minimum absolute atomic E-state index is 0.143. The van der Waals surface area contributed by atoms with E-state index in [1.54, 1.807) is 12.1 Å². The lowest BCUT2D eigenvalue weighted by Crippen LogP contribution is -1.81. The van der Waals surface area contributed by atoms with Crippen molar-refractivity contribution < 1.29 is 10.2 Å². The van der Waals surface area contributed by atoms with Crippen LogP contribution in [0.15, 0.2) is 25.3 Å². The number of hydrogen-bond acceptors (Lipinski definition) is 2. The second kappa shape index (κ2) is 3.13. The Morgan fingerprint density at radius 1 is 1.08 bits per heavy atom. The van der Waals surface area contributed by atoms with Crippen molar-refractivity contribution in [1.82, 2.24) is 0 Å². The largest absolute Gasteiger partial charge is 0.504 e. The summed E-state index contributed by atoms with van der Waals surface area (Å²) >= 11 is 0. The van der Waals surface area contributed by atoms with Gasteiger partial charge in [0.15, 0.2) is 11.5 Å². The van der Waals surface area contributed by atoms with E-state index in [4.69, 9.17) is 5.11 Å². The first-order valence-electron chi connectivity index (χ1n) is 3.50. The molecule has 0 aliphatic heterocycles. The smallest absolute Gasteiger partial charge is 0.165 e. The minimum atomic E-state index is -0.151. The average molecular weight is 162 g/mol. The Morgan fingerprint density at radius 2 is 1.75 bits per heavy atom. The van der Waals surface area contributed by atoms with Gasteiger partial charge in [0.05, 0.1) is 0 Å². The van der Waals surface area contributed by atoms with Gasteiger partial charge in [0.2, 0.25) is 0 Å². The quantitative estimate of drug-likeness (QED) is 0.655. The van der Waals surface area contributed by atoms with Gasteiger partial charge in [0.1, 0.15) is 0 Å². The molecule has 0 spiro atoms. The second-order valence-electron chi connectivity index (χ2n) is 2.34. The van der Waals surface area contributed by atoms with E-state index >= 15 is 0 Å². The molecular weight excluding hydrogens is 152 g/mol. The normalized spacial score (nSPS) is 9.33. The lowest BCUT2D eigenvalue weighted by atomic mass is 10.1. The van der Waals surface area contributed by atoms with Crippen LogP contribution in [0.1, 0.15) is 11.1 Å². The van der Waals surface area contributed by atoms with Gasteiger partial charge >= 0.3 is 0 Å². The molecule has 0 unspecified atom stereocenters. The summed E-state index contributed by atoms with van der Waals surface area (Å²) in [5, 5.41) is 18.5. The molecule has 0 amide bonds. The van der Waals surface area contributed by atoms with Crippen LogP contribution in [0.5, 0.6) is 11.5 Å². The SMILES string of the molecule is C=Cc1ccc(O)c(O)c1C=C. The van der Waals surface area contributed by atoms with Crippen molar-refractivity contribution in [2.24, 2.45) is 0 Å². The lowest BCUT2D eigenvalue weighted by molar-refractivity contribution is 0.403. The highest BCUT2D eigenvalue weighted by Gasteiger charge is 2.06. The number of benzene rings is 1. The molecule has 2 N–H and O–H groups in total. The lowest BCUT2D eigenvalue weighted by Gasteiger charge is -2.04. The summed E-state index contributed by atoms with van der Waals surface area (Å²) in [4.78, 5) is 0. The van der Waals surface area contributed by atoms with Crippen LogP contribution in [0.2, 0.25) is 0 Å². The van der Waals surface area contributed by atoms with Gasteiger partial charge in [-0.1, -0.05) is 31.4 Å². The van der Waals surface area contributed by atoms with Crippen LogP contribution < -0.4 is 0 Å². The fourth-order valence-corrected chi connectivity index (χ4v) is 1.00. The molecule has 12 heavy (non-hydrogen) atoms. The first kappa shape index (κ1) is 8.40. The zero-order valence-corrected chi connectivity index (χ0v) is 6.62. The molecule has 0 aliphatic carbocycles. The fourth-order valence-electron chi connectivity index (χ4n) is 1.00. The molecule has 62 valence electrons. The zero-order chi connectivity index (χ0) is 9.14. The predicted octanol–water partition coefficient (Wildman–Crippen LogP) is 2.38. The van der Waals surface area contributed by atoms with Gasteiger partial charge in [-0.05, 0) is 11.6 Å². The average Bonchev–Trinajstić information content (AvgIpc) is 2.09. The van der Waals surface area contributed by atoms with Crippen molar-refractivity contribution >= 4 is 12.2 Å². The van der Waals surface area contributed by atoms with Gasteiger partial charge in [-0.3, -0.25) is 0 Å². The third-order valence-electron chi connectivity index (χ3n) is 1.65. The van der Waals surface area contributed by atoms with Crippen molar-refractivity contribution in [2.45, 2.75) is 0 Å². The van der Waals surface area contributed by atoms with Crippen molar-refractivity contribution in [3.05, 3.63) is 36.4 Å². The number of rotatable bonds is 2. The van der Waals surface area contributed by atoms with Crippen molar-refractivity contribution in [3.8, 4) is 11.5 Å². The first-order chi connectivity index (χ1) is 5.70. The predicted molar refractivity (Wildman–Crippen MR) is 50.0 cm³/mol. The van der Waals surface area contributed by atoms with Crippen LogP contribution in [-0.4, -0.2) is 10.2 Å². The Balaban J connectivity index is 3.45. The third-order valence-corrected chi connectivity index (χ3v) is 1.65. The maximum Gasteiger partial charge on any atom is 0.165 e. The molecule has 0 aromatic heterocycles. The van der Waals surface area contributed by atoms with E-state index in [2.05, 4.69) is 13.2 Å². The van der Waals surface area contributed by atoms with Crippen LogP contribution >= 0.6 is 0 Å². The van der Waals surface area contributed by atoms with Gasteiger partial charge in [-0.15, -0.1) is 0 Å². The van der Waals surface area contributed by atoms with E-state index in [0.29, 0.717) is 5.56 Å². The molecule has 2 heteroatoms. The summed E-state index contributed by atoms with van der Waals surface area (Å²) in [5.74, 6) is -0.294. The molecule has 1 aromatic rings. The van der Waals surface area contributed by atoms with Crippen LogP contribution in [0.25, 0.3) is 12.2 Å². The van der Waals surface area contributed by atoms with E-state index in [9.17, 15) is 5.11 Å². The van der Waals surface area contributed by atoms with E-state index in [1.807, 2.05) is 0 Å². The molecule has 0 atom stereocenters. The van der Waals surface area contributed by atoms with Crippen LogP contribution in [0.4, 0.5) is 0 Å². The summed E-state index contributed by atoms with van der Waals surface area (Å²) in [6.07, 6.45) is 3.07. The molecule has 0 saturated carbocycles. The van der Waals surface area contributed by atoms with E-state index < -0.39 is 0 Å². The first-order valence-corrected chi connectivity index (χ1v) is 3.50. The van der Waals surface area contributed by atoms with Gasteiger partial charge in [0, 0.05) is 5.56 Å². The molecule has 0 saturated heterocycles. The second-order valence-corrected chi connectivity index (χ2v) is 2.34. The molecule has 1 rings (SSSR count). The maximum atomic E-state index is 9.34. The maximum absolute atomic E-state index is 9.34. The molecule has 0 fully saturated rings. The van der Waals surface area contributed by atoms with Gasteiger partial charge in [-0.25, -0.2) is 0 Å². The van der Waals surface area contributed by atoms with Crippen molar-refractivity contribution in [1.29, 1.82) is 0 Å². The number of phenols is 2. The molecule has 0 radical (unpaired) electrons. The van der Waals surface area contributed by atoms with Crippen molar-refractivity contribution in [2.75, 3.05) is 0 Å². The molecule has 0 bridgehead atoms. The topological polar surface area (TPSA) is 40.5 Å². The summed E-state index contributed by atoms with van der Waals surface area (Å²) in [7, 11) is 0. The van der Waals surface area contributed by atoms with Gasteiger partial charge in [0.25, 0.3) is 0 Å². The van der Waals surface area contributed by atoms with Crippen LogP contribution in [0.3, 0.4) is 0 Å². The summed E-state index contributed by atoms with van der Waals surface area (Å²) in [6.45, 7) is 7.09. The van der Waals surface area contributed by atoms with Crippen molar-refractivity contribution in [3.63, 3.8) is 0 Å². The van der Waals surface area contributed by atoms with Crippen LogP contribution in [-0.2, 0) is 0 Å². The van der Waals surface area contributed by atoms with Gasteiger partial charge in [-0.2, -0.15) is 0 Å². The van der Waals surface area contributed by atoms with Gasteiger partial charge < -0.3 is 10.2 Å². The summed E-state index contributed by atoms with van der Waals surface area (Å²) in [5.41, 5.74) is 1.25. The molecular formula is C10H10O2. The Bertz CT molecular complexity index is 327. The Kier molecular flexibility index (Phi) is 2.19. The minimum Gasteiger partial charge on any atom is -0.504 e. The highest BCUT2D eigenvalue weighted by Crippen LogP contribution is 2.32. The van der Waals surface area contributed by atoms with E-state index in [1.165, 1.54) is 12.1 Å². The summed E-state index contributed by atoms with van der Waals surface area (Å²) in [6, 6.07) is 3.08. The number of aromatic hydroxyl groups is 2.